The number of nitrogens with two attached hydrogens (primary N) is 1. The highest BCUT2D eigenvalue weighted by Crippen LogP contribution is 2.42. The van der Waals surface area contributed by atoms with Gasteiger partial charge in [0, 0.05) is 17.0 Å². The lowest BCUT2D eigenvalue weighted by Crippen LogP contribution is -2.35. The molecule has 30 heavy (non-hydrogen) atoms. The fourth-order valence-corrected chi connectivity index (χ4v) is 5.99. The molecule has 1 amide bonds. The average molecular weight is 467 g/mol. The van der Waals surface area contributed by atoms with Crippen LogP contribution in [0.5, 0.6) is 0 Å². The predicted octanol–water partition coefficient (Wildman–Crippen LogP) is 1.44. The van der Waals surface area contributed by atoms with Gasteiger partial charge in [0.25, 0.3) is 15.9 Å². The molecule has 12 heteroatoms. The molecule has 1 unspecified atom stereocenters. The van der Waals surface area contributed by atoms with E-state index in [1.54, 1.807) is 37.3 Å². The van der Waals surface area contributed by atoms with E-state index >= 15 is 0 Å². The minimum absolute atomic E-state index is 0.00168. The van der Waals surface area contributed by atoms with Gasteiger partial charge in [-0.1, -0.05) is 12.1 Å². The normalized spacial score (nSPS) is 18.2. The summed E-state index contributed by atoms with van der Waals surface area (Å²) in [5, 5.41) is 8.37. The van der Waals surface area contributed by atoms with E-state index in [0.717, 1.165) is 16.1 Å². The Morgan fingerprint density at radius 3 is 2.60 bits per heavy atom. The van der Waals surface area contributed by atoms with Crippen LogP contribution < -0.4 is 15.4 Å². The lowest BCUT2D eigenvalue weighted by Gasteiger charge is -2.22. The second-order valence-electron chi connectivity index (χ2n) is 6.91. The number of hydrogen-bond donors (Lipinski definition) is 2. The molecule has 2 aromatic rings. The number of primary sulfonamides is 1. The van der Waals surface area contributed by atoms with Crippen LogP contribution in [0.2, 0.25) is 0 Å². The fourth-order valence-electron chi connectivity index (χ4n) is 3.18. The highest BCUT2D eigenvalue weighted by Gasteiger charge is 2.33. The average Bonchev–Trinajstić information content (AvgIpc) is 3.02. The van der Waals surface area contributed by atoms with Crippen molar-refractivity contribution in [1.29, 1.82) is 0 Å². The van der Waals surface area contributed by atoms with Gasteiger partial charge in [-0.2, -0.15) is 0 Å². The van der Waals surface area contributed by atoms with E-state index in [4.69, 9.17) is 5.14 Å². The number of benzene rings is 2. The zero-order chi connectivity index (χ0) is 21.7. The fraction of sp³-hybridized carbons (Fsp3) is 0.222. The van der Waals surface area contributed by atoms with Crippen LogP contribution in [0.4, 0.5) is 5.69 Å². The summed E-state index contributed by atoms with van der Waals surface area (Å²) in [6, 6.07) is 10.8. The van der Waals surface area contributed by atoms with Gasteiger partial charge >= 0.3 is 0 Å². The van der Waals surface area contributed by atoms with E-state index in [1.165, 1.54) is 23.9 Å². The van der Waals surface area contributed by atoms with Crippen LogP contribution in [0.3, 0.4) is 0 Å². The smallest absolute Gasteiger partial charge is 0.257 e. The zero-order valence-electron chi connectivity index (χ0n) is 15.8. The van der Waals surface area contributed by atoms with Crippen LogP contribution >= 0.6 is 11.8 Å². The summed E-state index contributed by atoms with van der Waals surface area (Å²) in [4.78, 5) is 15.3. The van der Waals surface area contributed by atoms with Gasteiger partial charge in [0.05, 0.1) is 22.4 Å². The van der Waals surface area contributed by atoms with Gasteiger partial charge in [-0.25, -0.2) is 22.0 Å². The molecule has 0 aromatic heterocycles. The summed E-state index contributed by atoms with van der Waals surface area (Å²) in [6.07, 6.45) is 0. The van der Waals surface area contributed by atoms with Crippen molar-refractivity contribution >= 4 is 48.6 Å². The Balaban J connectivity index is 1.50. The van der Waals surface area contributed by atoms with Crippen LogP contribution in [0.1, 0.15) is 28.9 Å². The first-order valence-electron chi connectivity index (χ1n) is 8.89. The SMILES string of the molecule is CC(NC(=O)c1ccc2c(c1)SC1=NS(=O)(=O)CCN12)c1ccc(S(N)(=O)=O)cc1. The second kappa shape index (κ2) is 7.38. The van der Waals surface area contributed by atoms with E-state index in [0.29, 0.717) is 17.3 Å². The quantitative estimate of drug-likeness (QED) is 0.695. The highest BCUT2D eigenvalue weighted by atomic mass is 32.2. The lowest BCUT2D eigenvalue weighted by molar-refractivity contribution is 0.0939. The number of hydrogen-bond acceptors (Lipinski definition) is 7. The summed E-state index contributed by atoms with van der Waals surface area (Å²) in [6.45, 7) is 2.12. The summed E-state index contributed by atoms with van der Waals surface area (Å²) < 4.78 is 50.0. The first-order chi connectivity index (χ1) is 14.0. The molecule has 2 aromatic carbocycles. The first-order valence-corrected chi connectivity index (χ1v) is 12.9. The number of carbonyl (C=O) groups excluding carboxylic acids is 1. The first kappa shape index (κ1) is 20.8. The molecule has 158 valence electrons. The molecule has 0 bridgehead atoms. The molecule has 0 aliphatic carbocycles. The largest absolute Gasteiger partial charge is 0.346 e. The topological polar surface area (TPSA) is 139 Å². The standard InChI is InChI=1S/C18H18N4O5S3/c1-11(12-2-5-14(6-3-12)30(19,26)27)20-17(23)13-4-7-15-16(10-13)28-18-21-29(24,25)9-8-22(15)18/h2-7,10-11H,8-9H2,1H3,(H,20,23)(H2,19,26,27). The molecule has 2 heterocycles. The number of carbonyl (C=O) groups is 1. The van der Waals surface area contributed by atoms with Crippen LogP contribution in [0.15, 0.2) is 56.7 Å². The van der Waals surface area contributed by atoms with Crippen molar-refractivity contribution in [3.05, 3.63) is 53.6 Å². The van der Waals surface area contributed by atoms with Crippen LogP contribution in [0.25, 0.3) is 0 Å². The number of thioether (sulfide) groups is 1. The third-order valence-corrected chi connectivity index (χ3v) is 8.03. The Bertz CT molecular complexity index is 1270. The number of nitrogens with one attached hydrogen (secondary N) is 1. The van der Waals surface area contributed by atoms with Gasteiger partial charge in [0.2, 0.25) is 10.0 Å². The third kappa shape index (κ3) is 4.08. The monoisotopic (exact) mass is 466 g/mol. The zero-order valence-corrected chi connectivity index (χ0v) is 18.2. The number of fused-ring (bicyclic) bond motifs is 3. The number of amides is 1. The van der Waals surface area contributed by atoms with Gasteiger partial charge in [-0.05, 0) is 54.6 Å². The van der Waals surface area contributed by atoms with Crippen molar-refractivity contribution in [2.24, 2.45) is 9.54 Å². The van der Waals surface area contributed by atoms with Crippen molar-refractivity contribution in [1.82, 2.24) is 5.32 Å². The lowest BCUT2D eigenvalue weighted by atomic mass is 10.1. The number of sulfonamides is 2. The molecule has 4 rings (SSSR count). The van der Waals surface area contributed by atoms with Crippen LogP contribution in [-0.2, 0) is 20.0 Å². The second-order valence-corrected chi connectivity index (χ2v) is 11.2. The minimum atomic E-state index is -3.77. The molecule has 3 N–H and O–H groups in total. The van der Waals surface area contributed by atoms with Gasteiger partial charge in [-0.15, -0.1) is 4.40 Å². The molecule has 0 saturated heterocycles. The maximum atomic E-state index is 12.7. The summed E-state index contributed by atoms with van der Waals surface area (Å²) >= 11 is 1.22. The number of amidine groups is 1. The number of anilines is 1. The van der Waals surface area contributed by atoms with Crippen LogP contribution in [0, 0.1) is 0 Å². The van der Waals surface area contributed by atoms with Gasteiger partial charge < -0.3 is 10.2 Å². The van der Waals surface area contributed by atoms with E-state index in [2.05, 4.69) is 9.71 Å². The molecule has 0 saturated carbocycles. The van der Waals surface area contributed by atoms with E-state index < -0.39 is 20.0 Å². The van der Waals surface area contributed by atoms with E-state index in [1.807, 2.05) is 4.90 Å². The van der Waals surface area contributed by atoms with Crippen LogP contribution in [-0.4, -0.2) is 40.2 Å². The van der Waals surface area contributed by atoms with E-state index in [9.17, 15) is 21.6 Å². The molecule has 2 aliphatic heterocycles. The maximum absolute atomic E-state index is 12.7. The summed E-state index contributed by atoms with van der Waals surface area (Å²) in [5.41, 5.74) is 1.98. The Morgan fingerprint density at radius 1 is 1.23 bits per heavy atom. The summed E-state index contributed by atoms with van der Waals surface area (Å²) in [5.74, 6) is -0.346. The maximum Gasteiger partial charge on any atom is 0.257 e. The van der Waals surface area contributed by atoms with Crippen molar-refractivity contribution in [3.8, 4) is 0 Å². The van der Waals surface area contributed by atoms with Crippen molar-refractivity contribution in [3.63, 3.8) is 0 Å². The molecule has 0 radical (unpaired) electrons. The molecule has 0 fully saturated rings. The third-order valence-electron chi connectivity index (χ3n) is 4.79. The molecule has 9 nitrogen and oxygen atoms in total. The Morgan fingerprint density at radius 2 is 1.93 bits per heavy atom. The number of nitrogens with zero attached hydrogens (tertiary/aromatic N) is 2. The molecule has 1 atom stereocenters. The minimum Gasteiger partial charge on any atom is -0.346 e. The van der Waals surface area contributed by atoms with Gasteiger partial charge in [0.15, 0.2) is 5.17 Å². The van der Waals surface area contributed by atoms with Crippen molar-refractivity contribution in [2.75, 3.05) is 17.2 Å². The summed E-state index contributed by atoms with van der Waals surface area (Å²) in [7, 11) is -7.21. The molecule has 2 aliphatic rings. The van der Waals surface area contributed by atoms with Gasteiger partial charge in [-0.3, -0.25) is 4.79 Å². The highest BCUT2D eigenvalue weighted by molar-refractivity contribution is 8.15. The molecule has 0 spiro atoms. The predicted molar refractivity (Wildman–Crippen MR) is 115 cm³/mol. The molecular formula is C18H18N4O5S3. The van der Waals surface area contributed by atoms with Gasteiger partial charge in [0.1, 0.15) is 0 Å². The molecular weight excluding hydrogens is 448 g/mol. The van der Waals surface area contributed by atoms with Crippen molar-refractivity contribution in [2.45, 2.75) is 22.8 Å². The Kier molecular flexibility index (Phi) is 5.12. The van der Waals surface area contributed by atoms with Crippen molar-refractivity contribution < 1.29 is 21.6 Å². The number of rotatable bonds is 4. The Labute approximate surface area is 178 Å². The Hall–Kier alpha value is -2.41. The van der Waals surface area contributed by atoms with E-state index in [-0.39, 0.29) is 22.6 Å².